The largest absolute Gasteiger partial charge is 0.292 e. The van der Waals surface area contributed by atoms with Crippen LogP contribution in [0.15, 0.2) is 11.0 Å². The summed E-state index contributed by atoms with van der Waals surface area (Å²) in [6, 6.07) is 0. The van der Waals surface area contributed by atoms with Crippen LogP contribution in [-0.4, -0.2) is 42.4 Å². The molecule has 0 aromatic carbocycles. The molecule has 0 N–H and O–H groups in total. The van der Waals surface area contributed by atoms with Gasteiger partial charge in [-0.2, -0.15) is 8.42 Å². The first-order chi connectivity index (χ1) is 7.91. The van der Waals surface area contributed by atoms with Gasteiger partial charge in [0.25, 0.3) is 16.0 Å². The van der Waals surface area contributed by atoms with E-state index in [1.54, 1.807) is 19.9 Å². The van der Waals surface area contributed by atoms with Crippen LogP contribution in [0.25, 0.3) is 0 Å². The average Bonchev–Trinajstić information content (AvgIpc) is 2.51. The van der Waals surface area contributed by atoms with E-state index in [0.717, 1.165) is 0 Å². The van der Waals surface area contributed by atoms with Crippen LogP contribution in [0.2, 0.25) is 0 Å². The molecule has 0 aromatic rings. The number of amides is 1. The molecular formula is C9H13NO4S3. The highest BCUT2D eigenvalue weighted by atomic mass is 32.2. The molecule has 17 heavy (non-hydrogen) atoms. The molecule has 96 valence electrons. The summed E-state index contributed by atoms with van der Waals surface area (Å²) in [4.78, 5) is 13.6. The molecule has 0 atom stereocenters. The summed E-state index contributed by atoms with van der Waals surface area (Å²) in [5.74, 6) is -0.487. The monoisotopic (exact) mass is 295 g/mol. The number of rotatable bonds is 5. The lowest BCUT2D eigenvalue weighted by molar-refractivity contribution is -0.122. The zero-order valence-corrected chi connectivity index (χ0v) is 12.0. The summed E-state index contributed by atoms with van der Waals surface area (Å²) in [7, 11) is -3.57. The van der Waals surface area contributed by atoms with Crippen LogP contribution >= 0.6 is 24.0 Å². The van der Waals surface area contributed by atoms with Gasteiger partial charge in [-0.05, 0) is 13.8 Å². The minimum Gasteiger partial charge on any atom is -0.292 e. The fraction of sp³-hybridized carbons (Fsp3) is 0.556. The van der Waals surface area contributed by atoms with Crippen molar-refractivity contribution < 1.29 is 17.4 Å². The summed E-state index contributed by atoms with van der Waals surface area (Å²) in [6.07, 6.45) is 1.66. The second-order valence-electron chi connectivity index (χ2n) is 3.15. The minimum absolute atomic E-state index is 0.0321. The minimum atomic E-state index is -3.57. The molecular weight excluding hydrogens is 282 g/mol. The van der Waals surface area contributed by atoms with Crippen molar-refractivity contribution in [2.45, 2.75) is 13.8 Å². The van der Waals surface area contributed by atoms with Gasteiger partial charge in [-0.1, -0.05) is 30.1 Å². The van der Waals surface area contributed by atoms with Crippen LogP contribution in [0, 0.1) is 0 Å². The van der Waals surface area contributed by atoms with Crippen molar-refractivity contribution in [3.8, 4) is 0 Å². The van der Waals surface area contributed by atoms with E-state index in [1.165, 1.54) is 16.7 Å². The fourth-order valence-electron chi connectivity index (χ4n) is 1.23. The molecule has 0 spiro atoms. The zero-order chi connectivity index (χ0) is 13.1. The quantitative estimate of drug-likeness (QED) is 0.430. The smallest absolute Gasteiger partial charge is 0.269 e. The predicted octanol–water partition coefficient (Wildman–Crippen LogP) is 1.12. The third-order valence-electron chi connectivity index (χ3n) is 2.00. The number of thioether (sulfide) groups is 1. The van der Waals surface area contributed by atoms with Crippen molar-refractivity contribution in [1.29, 1.82) is 0 Å². The van der Waals surface area contributed by atoms with Crippen molar-refractivity contribution in [2.75, 3.05) is 18.9 Å². The van der Waals surface area contributed by atoms with Gasteiger partial charge in [0.05, 0.1) is 17.3 Å². The van der Waals surface area contributed by atoms with Crippen molar-refractivity contribution >= 4 is 44.3 Å². The second kappa shape index (κ2) is 5.94. The Labute approximate surface area is 110 Å². The SMILES string of the molecule is C/C=C1\SC(=S)N(CCS(=O)(=O)OCC)C1=O. The van der Waals surface area contributed by atoms with Crippen LogP contribution in [0.5, 0.6) is 0 Å². The predicted molar refractivity (Wildman–Crippen MR) is 71.1 cm³/mol. The summed E-state index contributed by atoms with van der Waals surface area (Å²) in [6.45, 7) is 3.46. The molecule has 0 bridgehead atoms. The third kappa shape index (κ3) is 3.77. The molecule has 0 aliphatic carbocycles. The van der Waals surface area contributed by atoms with Gasteiger partial charge in [0.1, 0.15) is 4.32 Å². The Kier molecular flexibility index (Phi) is 5.11. The molecule has 1 aliphatic heterocycles. The molecule has 0 saturated carbocycles. The van der Waals surface area contributed by atoms with Gasteiger partial charge < -0.3 is 0 Å². The van der Waals surface area contributed by atoms with E-state index >= 15 is 0 Å². The van der Waals surface area contributed by atoms with Crippen molar-refractivity contribution in [3.05, 3.63) is 11.0 Å². The van der Waals surface area contributed by atoms with E-state index in [-0.39, 0.29) is 24.8 Å². The van der Waals surface area contributed by atoms with Crippen LogP contribution in [-0.2, 0) is 19.1 Å². The maximum absolute atomic E-state index is 11.7. The average molecular weight is 295 g/mol. The van der Waals surface area contributed by atoms with Gasteiger partial charge in [0.15, 0.2) is 0 Å². The molecule has 8 heteroatoms. The number of allylic oxidation sites excluding steroid dienone is 1. The summed E-state index contributed by atoms with van der Waals surface area (Å²) < 4.78 is 27.6. The molecule has 1 aliphatic rings. The van der Waals surface area contributed by atoms with Gasteiger partial charge in [0, 0.05) is 6.54 Å². The number of hydrogen-bond donors (Lipinski definition) is 0. The van der Waals surface area contributed by atoms with E-state index in [2.05, 4.69) is 4.18 Å². The summed E-state index contributed by atoms with van der Waals surface area (Å²) in [5, 5.41) is 0. The van der Waals surface area contributed by atoms with Gasteiger partial charge in [0.2, 0.25) is 0 Å². The zero-order valence-electron chi connectivity index (χ0n) is 9.50. The van der Waals surface area contributed by atoms with Crippen LogP contribution in [0.3, 0.4) is 0 Å². The van der Waals surface area contributed by atoms with Crippen LogP contribution in [0.4, 0.5) is 0 Å². The van der Waals surface area contributed by atoms with E-state index < -0.39 is 10.1 Å². The fourth-order valence-corrected chi connectivity index (χ4v) is 3.34. The van der Waals surface area contributed by atoms with Gasteiger partial charge in [-0.3, -0.25) is 13.9 Å². The number of nitrogens with zero attached hydrogens (tertiary/aromatic N) is 1. The van der Waals surface area contributed by atoms with Crippen molar-refractivity contribution in [2.24, 2.45) is 0 Å². The van der Waals surface area contributed by atoms with Crippen LogP contribution < -0.4 is 0 Å². The highest BCUT2D eigenvalue weighted by Gasteiger charge is 2.32. The topological polar surface area (TPSA) is 63.7 Å². The van der Waals surface area contributed by atoms with Gasteiger partial charge in [-0.15, -0.1) is 0 Å². The Bertz CT molecular complexity index is 455. The van der Waals surface area contributed by atoms with E-state index in [9.17, 15) is 13.2 Å². The molecule has 0 aromatic heterocycles. The summed E-state index contributed by atoms with van der Waals surface area (Å²) in [5.41, 5.74) is 0. The maximum Gasteiger partial charge on any atom is 0.269 e. The standard InChI is InChI=1S/C9H13NO4S3/c1-3-7-8(11)10(9(15)16-7)5-6-17(12,13)14-4-2/h3H,4-6H2,1-2H3/b7-3-. The maximum atomic E-state index is 11.7. The highest BCUT2D eigenvalue weighted by molar-refractivity contribution is 8.26. The van der Waals surface area contributed by atoms with E-state index in [4.69, 9.17) is 12.2 Å². The van der Waals surface area contributed by atoms with E-state index in [1.807, 2.05) is 0 Å². The first kappa shape index (κ1) is 14.6. The van der Waals surface area contributed by atoms with Gasteiger partial charge >= 0.3 is 0 Å². The van der Waals surface area contributed by atoms with E-state index in [0.29, 0.717) is 9.23 Å². The molecule has 0 radical (unpaired) electrons. The molecule has 1 rings (SSSR count). The Morgan fingerprint density at radius 1 is 1.53 bits per heavy atom. The Morgan fingerprint density at radius 2 is 2.18 bits per heavy atom. The first-order valence-electron chi connectivity index (χ1n) is 4.98. The first-order valence-corrected chi connectivity index (χ1v) is 7.78. The van der Waals surface area contributed by atoms with Crippen molar-refractivity contribution in [3.63, 3.8) is 0 Å². The Morgan fingerprint density at radius 3 is 2.65 bits per heavy atom. The Hall–Kier alpha value is -0.440. The Balaban J connectivity index is 2.65. The lowest BCUT2D eigenvalue weighted by atomic mass is 10.4. The molecule has 1 amide bonds. The summed E-state index contributed by atoms with van der Waals surface area (Å²) >= 11 is 6.18. The lowest BCUT2D eigenvalue weighted by Gasteiger charge is -2.13. The number of thiocarbonyl (C=S) groups is 1. The second-order valence-corrected chi connectivity index (χ2v) is 6.58. The normalized spacial score (nSPS) is 19.4. The molecule has 5 nitrogen and oxygen atoms in total. The third-order valence-corrected chi connectivity index (χ3v) is 4.77. The molecule has 1 heterocycles. The van der Waals surface area contributed by atoms with Crippen molar-refractivity contribution in [1.82, 2.24) is 4.90 Å². The number of carbonyl (C=O) groups is 1. The molecule has 1 saturated heterocycles. The number of hydrogen-bond acceptors (Lipinski definition) is 6. The molecule has 0 unspecified atom stereocenters. The van der Waals surface area contributed by atoms with Gasteiger partial charge in [-0.25, -0.2) is 0 Å². The highest BCUT2D eigenvalue weighted by Crippen LogP contribution is 2.30. The number of carbonyl (C=O) groups excluding carboxylic acids is 1. The lowest BCUT2D eigenvalue weighted by Crippen LogP contribution is -2.33. The molecule has 1 fully saturated rings. The van der Waals surface area contributed by atoms with Crippen LogP contribution in [0.1, 0.15) is 13.8 Å².